The summed E-state index contributed by atoms with van der Waals surface area (Å²) in [6, 6.07) is 9.59. The van der Waals surface area contributed by atoms with Crippen molar-refractivity contribution in [2.75, 3.05) is 0 Å². The fraction of sp³-hybridized carbons (Fsp3) is 0.158. The first-order chi connectivity index (χ1) is 12.0. The Balaban J connectivity index is 1.69. The minimum absolute atomic E-state index is 0.210. The number of hydrogen-bond acceptors (Lipinski definition) is 4. The van der Waals surface area contributed by atoms with Crippen LogP contribution in [0, 0.1) is 0 Å². The van der Waals surface area contributed by atoms with Gasteiger partial charge in [-0.25, -0.2) is 9.59 Å². The molecule has 0 N–H and O–H groups in total. The molecule has 0 spiro atoms. The topological polar surface area (TPSA) is 56.5 Å². The second kappa shape index (κ2) is 6.21. The van der Waals surface area contributed by atoms with Gasteiger partial charge >= 0.3 is 11.6 Å². The molecule has 0 atom stereocenters. The predicted molar refractivity (Wildman–Crippen MR) is 95.9 cm³/mol. The summed E-state index contributed by atoms with van der Waals surface area (Å²) in [6.45, 7) is 0. The number of ether oxygens (including phenoxy) is 1. The summed E-state index contributed by atoms with van der Waals surface area (Å²) in [5.41, 5.74) is 2.10. The summed E-state index contributed by atoms with van der Waals surface area (Å²) >= 11 is 11.9. The van der Waals surface area contributed by atoms with Crippen molar-refractivity contribution in [1.29, 1.82) is 0 Å². The molecule has 1 aromatic heterocycles. The van der Waals surface area contributed by atoms with E-state index in [9.17, 15) is 9.59 Å². The van der Waals surface area contributed by atoms with Crippen LogP contribution in [0.15, 0.2) is 45.6 Å². The fourth-order valence-corrected chi connectivity index (χ4v) is 3.63. The molecule has 0 saturated heterocycles. The number of aryl methyl sites for hydroxylation is 1. The van der Waals surface area contributed by atoms with Gasteiger partial charge in [0, 0.05) is 22.0 Å². The standard InChI is InChI=1S/C19H12Cl2O4/c20-10-4-6-15(16(21)8-10)19(23)24-11-5-7-13-12-2-1-3-14(12)18(22)25-17(13)9-11/h4-9H,1-3H2. The molecule has 4 nitrogen and oxygen atoms in total. The number of benzene rings is 2. The highest BCUT2D eigenvalue weighted by molar-refractivity contribution is 6.36. The van der Waals surface area contributed by atoms with Gasteiger partial charge in [0.05, 0.1) is 10.6 Å². The predicted octanol–water partition coefficient (Wildman–Crippen LogP) is 4.81. The maximum absolute atomic E-state index is 12.3. The van der Waals surface area contributed by atoms with E-state index >= 15 is 0 Å². The zero-order valence-corrected chi connectivity index (χ0v) is 14.5. The third-order valence-electron chi connectivity index (χ3n) is 4.31. The molecule has 0 bridgehead atoms. The number of halogens is 2. The lowest BCUT2D eigenvalue weighted by Gasteiger charge is -2.08. The number of fused-ring (bicyclic) bond motifs is 3. The molecule has 0 amide bonds. The largest absolute Gasteiger partial charge is 0.423 e. The van der Waals surface area contributed by atoms with Crippen molar-refractivity contribution in [2.45, 2.75) is 19.3 Å². The van der Waals surface area contributed by atoms with Crippen LogP contribution in [-0.2, 0) is 12.8 Å². The molecule has 6 heteroatoms. The maximum atomic E-state index is 12.3. The Morgan fingerprint density at radius 3 is 2.64 bits per heavy atom. The first-order valence-corrected chi connectivity index (χ1v) is 8.54. The molecule has 25 heavy (non-hydrogen) atoms. The molecular formula is C19H12Cl2O4. The van der Waals surface area contributed by atoms with Crippen LogP contribution >= 0.6 is 23.2 Å². The maximum Gasteiger partial charge on any atom is 0.345 e. The molecule has 4 rings (SSSR count). The summed E-state index contributed by atoms with van der Waals surface area (Å²) < 4.78 is 10.7. The smallest absolute Gasteiger partial charge is 0.345 e. The Bertz CT molecular complexity index is 1070. The highest BCUT2D eigenvalue weighted by Crippen LogP contribution is 2.30. The third kappa shape index (κ3) is 2.92. The molecule has 0 unspecified atom stereocenters. The van der Waals surface area contributed by atoms with Crippen LogP contribution in [0.4, 0.5) is 0 Å². The highest BCUT2D eigenvalue weighted by Gasteiger charge is 2.20. The van der Waals surface area contributed by atoms with E-state index < -0.39 is 5.97 Å². The van der Waals surface area contributed by atoms with E-state index in [0.29, 0.717) is 10.6 Å². The number of carbonyl (C=O) groups is 1. The molecule has 1 aliphatic rings. The second-order valence-electron chi connectivity index (χ2n) is 5.87. The molecular weight excluding hydrogens is 363 g/mol. The summed E-state index contributed by atoms with van der Waals surface area (Å²) in [4.78, 5) is 24.3. The molecule has 0 fully saturated rings. The van der Waals surface area contributed by atoms with E-state index in [2.05, 4.69) is 0 Å². The van der Waals surface area contributed by atoms with E-state index in [4.69, 9.17) is 32.4 Å². The van der Waals surface area contributed by atoms with Gasteiger partial charge in [0.15, 0.2) is 0 Å². The quantitative estimate of drug-likeness (QED) is 0.367. The van der Waals surface area contributed by atoms with Crippen molar-refractivity contribution in [3.05, 3.63) is 73.6 Å². The molecule has 3 aromatic rings. The average Bonchev–Trinajstić information content (AvgIpc) is 3.05. The van der Waals surface area contributed by atoms with Gasteiger partial charge < -0.3 is 9.15 Å². The minimum Gasteiger partial charge on any atom is -0.423 e. The van der Waals surface area contributed by atoms with Gasteiger partial charge in [-0.15, -0.1) is 0 Å². The van der Waals surface area contributed by atoms with E-state index in [1.54, 1.807) is 18.2 Å². The Morgan fingerprint density at radius 1 is 1.04 bits per heavy atom. The summed E-state index contributed by atoms with van der Waals surface area (Å²) in [5, 5.41) is 1.53. The normalized spacial score (nSPS) is 13.0. The van der Waals surface area contributed by atoms with Crippen molar-refractivity contribution in [3.63, 3.8) is 0 Å². The van der Waals surface area contributed by atoms with Crippen LogP contribution in [-0.4, -0.2) is 5.97 Å². The van der Waals surface area contributed by atoms with Crippen LogP contribution in [0.25, 0.3) is 11.0 Å². The van der Waals surface area contributed by atoms with Gasteiger partial charge in [0.25, 0.3) is 0 Å². The van der Waals surface area contributed by atoms with E-state index in [-0.39, 0.29) is 22.0 Å². The summed E-state index contributed by atoms with van der Waals surface area (Å²) in [7, 11) is 0. The van der Waals surface area contributed by atoms with Crippen LogP contribution in [0.2, 0.25) is 10.0 Å². The van der Waals surface area contributed by atoms with Gasteiger partial charge in [-0.1, -0.05) is 23.2 Å². The first-order valence-electron chi connectivity index (χ1n) is 7.79. The van der Waals surface area contributed by atoms with E-state index in [0.717, 1.165) is 35.8 Å². The first kappa shape index (κ1) is 16.2. The lowest BCUT2D eigenvalue weighted by molar-refractivity contribution is 0.0735. The van der Waals surface area contributed by atoms with Crippen molar-refractivity contribution < 1.29 is 13.9 Å². The van der Waals surface area contributed by atoms with Crippen LogP contribution < -0.4 is 10.4 Å². The van der Waals surface area contributed by atoms with Crippen LogP contribution in [0.3, 0.4) is 0 Å². The molecule has 2 aromatic carbocycles. The number of esters is 1. The molecule has 1 heterocycles. The van der Waals surface area contributed by atoms with Crippen molar-refractivity contribution in [2.24, 2.45) is 0 Å². The van der Waals surface area contributed by atoms with Crippen LogP contribution in [0.1, 0.15) is 27.9 Å². The van der Waals surface area contributed by atoms with Crippen molar-refractivity contribution in [3.8, 4) is 5.75 Å². The van der Waals surface area contributed by atoms with Crippen LogP contribution in [0.5, 0.6) is 5.75 Å². The molecule has 1 aliphatic carbocycles. The number of carbonyl (C=O) groups excluding carboxylic acids is 1. The fourth-order valence-electron chi connectivity index (χ4n) is 3.14. The Labute approximate surface area is 152 Å². The van der Waals surface area contributed by atoms with Crippen molar-refractivity contribution in [1.82, 2.24) is 0 Å². The number of hydrogen-bond donors (Lipinski definition) is 0. The van der Waals surface area contributed by atoms with Gasteiger partial charge in [0.1, 0.15) is 11.3 Å². The minimum atomic E-state index is -0.607. The number of rotatable bonds is 2. The van der Waals surface area contributed by atoms with Gasteiger partial charge in [-0.2, -0.15) is 0 Å². The summed E-state index contributed by atoms with van der Waals surface area (Å²) in [5.74, 6) is -0.325. The molecule has 0 radical (unpaired) electrons. The molecule has 0 saturated carbocycles. The average molecular weight is 375 g/mol. The Morgan fingerprint density at radius 2 is 1.84 bits per heavy atom. The third-order valence-corrected chi connectivity index (χ3v) is 4.85. The van der Waals surface area contributed by atoms with Gasteiger partial charge in [0.2, 0.25) is 0 Å². The lowest BCUT2D eigenvalue weighted by Crippen LogP contribution is -2.10. The Kier molecular flexibility index (Phi) is 4.02. The molecule has 126 valence electrons. The Hall–Kier alpha value is -2.30. The van der Waals surface area contributed by atoms with Gasteiger partial charge in [-0.3, -0.25) is 0 Å². The van der Waals surface area contributed by atoms with Crippen molar-refractivity contribution >= 4 is 40.1 Å². The summed E-state index contributed by atoms with van der Waals surface area (Å²) in [6.07, 6.45) is 2.56. The zero-order chi connectivity index (χ0) is 17.6. The second-order valence-corrected chi connectivity index (χ2v) is 6.72. The monoisotopic (exact) mass is 374 g/mol. The highest BCUT2D eigenvalue weighted by atomic mass is 35.5. The zero-order valence-electron chi connectivity index (χ0n) is 13.0. The SMILES string of the molecule is O=C(Oc1ccc2c3c(c(=O)oc2c1)CCC3)c1ccc(Cl)cc1Cl. The van der Waals surface area contributed by atoms with E-state index in [1.807, 2.05) is 6.07 Å². The van der Waals surface area contributed by atoms with E-state index in [1.165, 1.54) is 12.1 Å². The molecule has 0 aliphatic heterocycles. The van der Waals surface area contributed by atoms with Gasteiger partial charge in [-0.05, 0) is 55.2 Å². The lowest BCUT2D eigenvalue weighted by atomic mass is 10.1.